The van der Waals surface area contributed by atoms with Crippen molar-refractivity contribution >= 4 is 17.2 Å². The molecule has 0 radical (unpaired) electrons. The standard InChI is InChI=1S/C12H13ClF3N3/c1-6(2)10-7(3)4-9-17-8(5-12(14,15)16)18-19(9)11(10)13/h4,6H,5H2,1-3H3. The molecule has 0 saturated carbocycles. The Morgan fingerprint density at radius 2 is 2.00 bits per heavy atom. The van der Waals surface area contributed by atoms with Crippen LogP contribution in [0.1, 0.15) is 36.7 Å². The molecule has 0 aliphatic rings. The van der Waals surface area contributed by atoms with Gasteiger partial charge in [-0.15, -0.1) is 5.10 Å². The summed E-state index contributed by atoms with van der Waals surface area (Å²) >= 11 is 6.21. The molecule has 0 fully saturated rings. The summed E-state index contributed by atoms with van der Waals surface area (Å²) in [6, 6.07) is 1.70. The van der Waals surface area contributed by atoms with Gasteiger partial charge in [0.1, 0.15) is 11.6 Å². The summed E-state index contributed by atoms with van der Waals surface area (Å²) in [7, 11) is 0. The van der Waals surface area contributed by atoms with Crippen LogP contribution in [0, 0.1) is 6.92 Å². The predicted octanol–water partition coefficient (Wildman–Crippen LogP) is 3.92. The summed E-state index contributed by atoms with van der Waals surface area (Å²) in [5, 5.41) is 4.16. The van der Waals surface area contributed by atoms with E-state index in [1.807, 2.05) is 20.8 Å². The summed E-state index contributed by atoms with van der Waals surface area (Å²) in [4.78, 5) is 3.87. The van der Waals surface area contributed by atoms with Crippen LogP contribution in [0.4, 0.5) is 13.2 Å². The highest BCUT2D eigenvalue weighted by Crippen LogP contribution is 2.29. The third-order valence-electron chi connectivity index (χ3n) is 2.79. The summed E-state index contributed by atoms with van der Waals surface area (Å²) in [5.41, 5.74) is 2.11. The van der Waals surface area contributed by atoms with Crippen LogP contribution in [-0.4, -0.2) is 20.8 Å². The highest BCUT2D eigenvalue weighted by molar-refractivity contribution is 6.30. The lowest BCUT2D eigenvalue weighted by Gasteiger charge is -2.12. The Hall–Kier alpha value is -1.30. The summed E-state index contributed by atoms with van der Waals surface area (Å²) in [5.74, 6) is -0.109. The van der Waals surface area contributed by atoms with Crippen LogP contribution < -0.4 is 0 Å². The molecule has 19 heavy (non-hydrogen) atoms. The van der Waals surface area contributed by atoms with E-state index >= 15 is 0 Å². The highest BCUT2D eigenvalue weighted by atomic mass is 35.5. The zero-order valence-corrected chi connectivity index (χ0v) is 11.5. The molecule has 0 aliphatic heterocycles. The first-order chi connectivity index (χ1) is 8.69. The molecule has 0 spiro atoms. The van der Waals surface area contributed by atoms with Crippen molar-refractivity contribution in [3.63, 3.8) is 0 Å². The number of fused-ring (bicyclic) bond motifs is 1. The normalized spacial score (nSPS) is 12.6. The van der Waals surface area contributed by atoms with Gasteiger partial charge in [0, 0.05) is 0 Å². The maximum atomic E-state index is 12.3. The van der Waals surface area contributed by atoms with Crippen molar-refractivity contribution in [2.45, 2.75) is 39.3 Å². The quantitative estimate of drug-likeness (QED) is 0.785. The van der Waals surface area contributed by atoms with E-state index in [-0.39, 0.29) is 11.7 Å². The van der Waals surface area contributed by atoms with E-state index < -0.39 is 12.6 Å². The molecule has 3 nitrogen and oxygen atoms in total. The van der Waals surface area contributed by atoms with Crippen LogP contribution in [0.5, 0.6) is 0 Å². The van der Waals surface area contributed by atoms with Crippen LogP contribution in [0.2, 0.25) is 5.15 Å². The Morgan fingerprint density at radius 3 is 2.53 bits per heavy atom. The van der Waals surface area contributed by atoms with Gasteiger partial charge in [-0.05, 0) is 30.0 Å². The first-order valence-electron chi connectivity index (χ1n) is 5.80. The molecule has 0 bridgehead atoms. The van der Waals surface area contributed by atoms with Gasteiger partial charge in [0.15, 0.2) is 11.5 Å². The number of pyridine rings is 1. The van der Waals surface area contributed by atoms with Crippen molar-refractivity contribution in [2.75, 3.05) is 0 Å². The smallest absolute Gasteiger partial charge is 0.211 e. The van der Waals surface area contributed by atoms with Crippen molar-refractivity contribution in [1.82, 2.24) is 14.6 Å². The Balaban J connectivity index is 2.57. The number of halogens is 4. The molecule has 2 heterocycles. The fraction of sp³-hybridized carbons (Fsp3) is 0.500. The van der Waals surface area contributed by atoms with Crippen molar-refractivity contribution in [3.8, 4) is 0 Å². The zero-order valence-electron chi connectivity index (χ0n) is 10.7. The Bertz CT molecular complexity index is 617. The molecule has 0 amide bonds. The van der Waals surface area contributed by atoms with E-state index in [2.05, 4.69) is 10.1 Å². The Labute approximate surface area is 113 Å². The zero-order chi connectivity index (χ0) is 14.4. The second kappa shape index (κ2) is 4.67. The van der Waals surface area contributed by atoms with Gasteiger partial charge < -0.3 is 0 Å². The lowest BCUT2D eigenvalue weighted by atomic mass is 10.0. The first-order valence-corrected chi connectivity index (χ1v) is 6.18. The molecule has 104 valence electrons. The highest BCUT2D eigenvalue weighted by Gasteiger charge is 2.30. The SMILES string of the molecule is Cc1cc2nc(CC(F)(F)F)nn2c(Cl)c1C(C)C. The Morgan fingerprint density at radius 1 is 1.37 bits per heavy atom. The van der Waals surface area contributed by atoms with E-state index in [9.17, 15) is 13.2 Å². The van der Waals surface area contributed by atoms with E-state index in [0.29, 0.717) is 10.8 Å². The van der Waals surface area contributed by atoms with Gasteiger partial charge in [0.2, 0.25) is 0 Å². The van der Waals surface area contributed by atoms with Crippen molar-refractivity contribution < 1.29 is 13.2 Å². The predicted molar refractivity (Wildman–Crippen MR) is 66.6 cm³/mol. The maximum absolute atomic E-state index is 12.3. The van der Waals surface area contributed by atoms with Gasteiger partial charge in [-0.1, -0.05) is 25.4 Å². The molecule has 2 aromatic rings. The first kappa shape index (κ1) is 14.1. The number of aryl methyl sites for hydroxylation is 1. The Kier molecular flexibility index (Phi) is 3.47. The third kappa shape index (κ3) is 2.83. The van der Waals surface area contributed by atoms with E-state index in [4.69, 9.17) is 11.6 Å². The van der Waals surface area contributed by atoms with Crippen LogP contribution in [0.15, 0.2) is 6.07 Å². The van der Waals surface area contributed by atoms with Gasteiger partial charge in [-0.25, -0.2) is 9.50 Å². The second-order valence-electron chi connectivity index (χ2n) is 4.78. The summed E-state index contributed by atoms with van der Waals surface area (Å²) in [6.45, 7) is 5.79. The van der Waals surface area contributed by atoms with Crippen LogP contribution >= 0.6 is 11.6 Å². The third-order valence-corrected chi connectivity index (χ3v) is 3.15. The molecule has 0 aliphatic carbocycles. The maximum Gasteiger partial charge on any atom is 0.396 e. The fourth-order valence-electron chi connectivity index (χ4n) is 2.10. The van der Waals surface area contributed by atoms with Crippen molar-refractivity contribution in [1.29, 1.82) is 0 Å². The van der Waals surface area contributed by atoms with Crippen LogP contribution in [-0.2, 0) is 6.42 Å². The van der Waals surface area contributed by atoms with Crippen LogP contribution in [0.25, 0.3) is 5.65 Å². The minimum atomic E-state index is -4.33. The number of alkyl halides is 3. The van der Waals surface area contributed by atoms with Crippen molar-refractivity contribution in [2.24, 2.45) is 0 Å². The largest absolute Gasteiger partial charge is 0.396 e. The summed E-state index contributed by atoms with van der Waals surface area (Å²) in [6.07, 6.45) is -5.48. The number of nitrogens with zero attached hydrogens (tertiary/aromatic N) is 3. The van der Waals surface area contributed by atoms with E-state index in [1.165, 1.54) is 4.52 Å². The number of hydrogen-bond acceptors (Lipinski definition) is 2. The molecule has 0 saturated heterocycles. The minimum absolute atomic E-state index is 0.159. The van der Waals surface area contributed by atoms with Gasteiger partial charge in [0.25, 0.3) is 0 Å². The topological polar surface area (TPSA) is 30.2 Å². The minimum Gasteiger partial charge on any atom is -0.211 e. The second-order valence-corrected chi connectivity index (χ2v) is 5.13. The van der Waals surface area contributed by atoms with Crippen molar-refractivity contribution in [3.05, 3.63) is 28.2 Å². The monoisotopic (exact) mass is 291 g/mol. The molecule has 0 unspecified atom stereocenters. The van der Waals surface area contributed by atoms with Gasteiger partial charge in [-0.2, -0.15) is 13.2 Å². The van der Waals surface area contributed by atoms with Gasteiger partial charge in [0.05, 0.1) is 0 Å². The van der Waals surface area contributed by atoms with Gasteiger partial charge in [-0.3, -0.25) is 0 Å². The van der Waals surface area contributed by atoms with Gasteiger partial charge >= 0.3 is 6.18 Å². The molecular weight excluding hydrogens is 279 g/mol. The lowest BCUT2D eigenvalue weighted by Crippen LogP contribution is -2.12. The van der Waals surface area contributed by atoms with E-state index in [1.54, 1.807) is 6.07 Å². The molecule has 0 atom stereocenters. The number of rotatable bonds is 2. The average molecular weight is 292 g/mol. The lowest BCUT2D eigenvalue weighted by molar-refractivity contribution is -0.128. The summed E-state index contributed by atoms with van der Waals surface area (Å²) < 4.78 is 38.3. The molecule has 7 heteroatoms. The molecule has 0 aromatic carbocycles. The average Bonchev–Trinajstić information content (AvgIpc) is 2.56. The molecule has 0 N–H and O–H groups in total. The number of hydrogen-bond donors (Lipinski definition) is 0. The molecule has 2 rings (SSSR count). The fourth-order valence-corrected chi connectivity index (χ4v) is 2.59. The molecule has 2 aromatic heterocycles. The van der Waals surface area contributed by atoms with Crippen LogP contribution in [0.3, 0.4) is 0 Å². The van der Waals surface area contributed by atoms with E-state index in [0.717, 1.165) is 11.1 Å². The number of aromatic nitrogens is 3. The molecular formula is C12H13ClF3N3.